The maximum Gasteiger partial charge on any atom is 0.261 e. The lowest BCUT2D eigenvalue weighted by Crippen LogP contribution is -2.23. The summed E-state index contributed by atoms with van der Waals surface area (Å²) < 4.78 is 1.91. The van der Waals surface area contributed by atoms with Crippen LogP contribution in [0.15, 0.2) is 14.3 Å². The summed E-state index contributed by atoms with van der Waals surface area (Å²) in [6.07, 6.45) is 13.2. The van der Waals surface area contributed by atoms with E-state index >= 15 is 0 Å². The zero-order chi connectivity index (χ0) is 16.2. The van der Waals surface area contributed by atoms with Gasteiger partial charge < -0.3 is 5.32 Å². The Morgan fingerprint density at radius 3 is 2.05 bits per heavy atom. The number of hydrogen-bond acceptors (Lipinski definition) is 2. The number of halogens is 2. The summed E-state index contributed by atoms with van der Waals surface area (Å²) in [5.41, 5.74) is 0. The van der Waals surface area contributed by atoms with Crippen LogP contribution in [-0.4, -0.2) is 12.5 Å². The minimum absolute atomic E-state index is 0.0346. The molecule has 0 saturated carbocycles. The van der Waals surface area contributed by atoms with E-state index in [1.165, 1.54) is 69.1 Å². The van der Waals surface area contributed by atoms with E-state index in [0.717, 1.165) is 26.1 Å². The summed E-state index contributed by atoms with van der Waals surface area (Å²) in [6, 6.07) is 1.86. The number of unbranched alkanes of at least 4 members (excludes halogenated alkanes) is 9. The molecule has 0 unspecified atom stereocenters. The average Bonchev–Trinajstić information content (AvgIpc) is 2.84. The fourth-order valence-corrected chi connectivity index (χ4v) is 4.31. The van der Waals surface area contributed by atoms with Crippen molar-refractivity contribution in [3.63, 3.8) is 0 Å². The Bertz CT molecular complexity index is 415. The molecule has 2 nitrogen and oxygen atoms in total. The molecule has 0 aliphatic heterocycles. The highest BCUT2D eigenvalue weighted by Crippen LogP contribution is 2.32. The highest BCUT2D eigenvalue weighted by molar-refractivity contribution is 9.13. The molecular formula is C17H27Br2NOS. The van der Waals surface area contributed by atoms with E-state index < -0.39 is 0 Å². The summed E-state index contributed by atoms with van der Waals surface area (Å²) in [5.74, 6) is 0.0346. The molecule has 0 bridgehead atoms. The highest BCUT2D eigenvalue weighted by Gasteiger charge is 2.11. The van der Waals surface area contributed by atoms with Crippen LogP contribution in [-0.2, 0) is 0 Å². The Morgan fingerprint density at radius 2 is 1.55 bits per heavy atom. The summed E-state index contributed by atoms with van der Waals surface area (Å²) in [5, 5.41) is 2.99. The molecule has 5 heteroatoms. The largest absolute Gasteiger partial charge is 0.351 e. The van der Waals surface area contributed by atoms with Crippen LogP contribution in [0.1, 0.15) is 80.8 Å². The van der Waals surface area contributed by atoms with Crippen molar-refractivity contribution in [1.82, 2.24) is 5.32 Å². The molecule has 1 amide bonds. The maximum absolute atomic E-state index is 11.9. The minimum atomic E-state index is 0.0346. The van der Waals surface area contributed by atoms with E-state index in [9.17, 15) is 4.79 Å². The molecule has 0 saturated heterocycles. The number of amides is 1. The van der Waals surface area contributed by atoms with Gasteiger partial charge in [-0.3, -0.25) is 4.79 Å². The molecule has 0 aliphatic carbocycles. The van der Waals surface area contributed by atoms with Crippen molar-refractivity contribution in [2.45, 2.75) is 71.1 Å². The quantitative estimate of drug-likeness (QED) is 0.342. The lowest BCUT2D eigenvalue weighted by atomic mass is 10.1. The first-order chi connectivity index (χ1) is 10.6. The van der Waals surface area contributed by atoms with E-state index in [1.807, 2.05) is 6.07 Å². The second kappa shape index (κ2) is 12.5. The Balaban J connectivity index is 1.94. The van der Waals surface area contributed by atoms with Gasteiger partial charge in [0.05, 0.1) is 8.66 Å². The Hall–Kier alpha value is 0.130. The lowest BCUT2D eigenvalue weighted by Gasteiger charge is -2.04. The van der Waals surface area contributed by atoms with Crippen LogP contribution >= 0.6 is 43.2 Å². The first-order valence-corrected chi connectivity index (χ1v) is 10.8. The number of rotatable bonds is 12. The molecule has 126 valence electrons. The molecule has 1 N–H and O–H groups in total. The third-order valence-corrected chi connectivity index (χ3v) is 6.94. The monoisotopic (exact) mass is 451 g/mol. The Kier molecular flexibility index (Phi) is 11.5. The van der Waals surface area contributed by atoms with Crippen molar-refractivity contribution >= 4 is 49.1 Å². The van der Waals surface area contributed by atoms with Crippen LogP contribution in [0.5, 0.6) is 0 Å². The highest BCUT2D eigenvalue weighted by atomic mass is 79.9. The van der Waals surface area contributed by atoms with Crippen LogP contribution in [0.2, 0.25) is 0 Å². The zero-order valence-electron chi connectivity index (χ0n) is 13.4. The summed E-state index contributed by atoms with van der Waals surface area (Å²) in [6.45, 7) is 3.04. The van der Waals surface area contributed by atoms with Gasteiger partial charge in [0, 0.05) is 11.0 Å². The van der Waals surface area contributed by atoms with Gasteiger partial charge in [0.25, 0.3) is 5.91 Å². The average molecular weight is 453 g/mol. The van der Waals surface area contributed by atoms with Crippen molar-refractivity contribution in [3.8, 4) is 0 Å². The van der Waals surface area contributed by atoms with Crippen LogP contribution in [0.3, 0.4) is 0 Å². The smallest absolute Gasteiger partial charge is 0.261 e. The van der Waals surface area contributed by atoms with Gasteiger partial charge in [-0.05, 0) is 44.3 Å². The van der Waals surface area contributed by atoms with Gasteiger partial charge in [-0.15, -0.1) is 11.3 Å². The molecular weight excluding hydrogens is 426 g/mol. The number of carbonyl (C=O) groups excluding carboxylic acids is 1. The van der Waals surface area contributed by atoms with Crippen molar-refractivity contribution < 1.29 is 4.79 Å². The van der Waals surface area contributed by atoms with Crippen LogP contribution < -0.4 is 5.32 Å². The molecule has 22 heavy (non-hydrogen) atoms. The molecule has 1 heterocycles. The minimum Gasteiger partial charge on any atom is -0.351 e. The van der Waals surface area contributed by atoms with Crippen LogP contribution in [0.4, 0.5) is 0 Å². The van der Waals surface area contributed by atoms with Crippen molar-refractivity contribution in [2.24, 2.45) is 0 Å². The van der Waals surface area contributed by atoms with Gasteiger partial charge in [0.15, 0.2) is 0 Å². The van der Waals surface area contributed by atoms with Gasteiger partial charge >= 0.3 is 0 Å². The number of thiophene rings is 1. The van der Waals surface area contributed by atoms with E-state index in [2.05, 4.69) is 44.1 Å². The fourth-order valence-electron chi connectivity index (χ4n) is 2.36. The molecule has 0 radical (unpaired) electrons. The van der Waals surface area contributed by atoms with Gasteiger partial charge in [-0.25, -0.2) is 0 Å². The molecule has 0 aliphatic rings. The third kappa shape index (κ3) is 8.68. The Labute approximate surface area is 155 Å². The number of hydrogen-bond donors (Lipinski definition) is 1. The Morgan fingerprint density at radius 1 is 1.00 bits per heavy atom. The molecule has 0 atom stereocenters. The van der Waals surface area contributed by atoms with E-state index in [1.54, 1.807) is 0 Å². The van der Waals surface area contributed by atoms with Gasteiger partial charge in [-0.1, -0.05) is 64.7 Å². The second-order valence-electron chi connectivity index (χ2n) is 5.67. The van der Waals surface area contributed by atoms with Crippen LogP contribution in [0, 0.1) is 0 Å². The third-order valence-electron chi connectivity index (χ3n) is 3.68. The zero-order valence-corrected chi connectivity index (χ0v) is 17.4. The maximum atomic E-state index is 11.9. The molecule has 0 aromatic carbocycles. The van der Waals surface area contributed by atoms with E-state index in [-0.39, 0.29) is 5.91 Å². The molecule has 1 aromatic heterocycles. The van der Waals surface area contributed by atoms with Crippen molar-refractivity contribution in [1.29, 1.82) is 0 Å². The van der Waals surface area contributed by atoms with Crippen LogP contribution in [0.25, 0.3) is 0 Å². The van der Waals surface area contributed by atoms with E-state index in [0.29, 0.717) is 0 Å². The van der Waals surface area contributed by atoms with Gasteiger partial charge in [0.2, 0.25) is 0 Å². The predicted octanol–water partition coefficient (Wildman–Crippen LogP) is 6.92. The lowest BCUT2D eigenvalue weighted by molar-refractivity contribution is 0.0957. The molecule has 1 rings (SSSR count). The molecule has 1 aromatic rings. The topological polar surface area (TPSA) is 29.1 Å². The molecule has 0 fully saturated rings. The van der Waals surface area contributed by atoms with Crippen molar-refractivity contribution in [3.05, 3.63) is 19.2 Å². The SMILES string of the molecule is CCCCCCCCCCCCNC(=O)c1cc(Br)c(Br)s1. The van der Waals surface area contributed by atoms with Crippen molar-refractivity contribution in [2.75, 3.05) is 6.54 Å². The number of nitrogens with one attached hydrogen (secondary N) is 1. The summed E-state index contributed by atoms with van der Waals surface area (Å²) >= 11 is 8.28. The second-order valence-corrected chi connectivity index (χ2v) is 8.89. The summed E-state index contributed by atoms with van der Waals surface area (Å²) in [4.78, 5) is 12.7. The van der Waals surface area contributed by atoms with Gasteiger partial charge in [-0.2, -0.15) is 0 Å². The first kappa shape index (κ1) is 20.2. The summed E-state index contributed by atoms with van der Waals surface area (Å²) in [7, 11) is 0. The fraction of sp³-hybridized carbons (Fsp3) is 0.706. The molecule has 0 spiro atoms. The van der Waals surface area contributed by atoms with Gasteiger partial charge in [0.1, 0.15) is 0 Å². The van der Waals surface area contributed by atoms with E-state index in [4.69, 9.17) is 0 Å². The predicted molar refractivity (Wildman–Crippen MR) is 104 cm³/mol. The normalized spacial score (nSPS) is 10.9. The first-order valence-electron chi connectivity index (χ1n) is 8.38. The standard InChI is InChI=1S/C17H27Br2NOS/c1-2-3-4-5-6-7-8-9-10-11-12-20-17(21)15-13-14(18)16(19)22-15/h13H,2-12H2,1H3,(H,20,21). The number of carbonyl (C=O) groups is 1.